The Labute approximate surface area is 149 Å². The van der Waals surface area contributed by atoms with Gasteiger partial charge in [0.15, 0.2) is 0 Å². The van der Waals surface area contributed by atoms with Crippen LogP contribution in [0.15, 0.2) is 30.5 Å². The molecular weight excluding hydrogens is 355 g/mol. The fraction of sp³-hybridized carbons (Fsp3) is 0.471. The number of hydrogen-bond acceptors (Lipinski definition) is 4. The molecule has 0 atom stereocenters. The van der Waals surface area contributed by atoms with Gasteiger partial charge in [-0.2, -0.15) is 13.2 Å². The predicted molar refractivity (Wildman–Crippen MR) is 91.2 cm³/mol. The van der Waals surface area contributed by atoms with Gasteiger partial charge in [0.1, 0.15) is 12.4 Å². The zero-order chi connectivity index (χ0) is 17.9. The molecule has 1 fully saturated rings. The van der Waals surface area contributed by atoms with Gasteiger partial charge in [0.05, 0.1) is 17.1 Å². The van der Waals surface area contributed by atoms with E-state index in [4.69, 9.17) is 16.3 Å². The van der Waals surface area contributed by atoms with Gasteiger partial charge in [-0.1, -0.05) is 11.6 Å². The first kappa shape index (κ1) is 18.2. The van der Waals surface area contributed by atoms with E-state index in [1.165, 1.54) is 4.90 Å². The van der Waals surface area contributed by atoms with Crippen LogP contribution < -0.4 is 4.74 Å². The Morgan fingerprint density at radius 1 is 1.08 bits per heavy atom. The smallest absolute Gasteiger partial charge is 0.401 e. The maximum Gasteiger partial charge on any atom is 0.401 e. The van der Waals surface area contributed by atoms with Gasteiger partial charge < -0.3 is 4.74 Å². The number of pyridine rings is 1. The van der Waals surface area contributed by atoms with E-state index in [0.29, 0.717) is 50.1 Å². The van der Waals surface area contributed by atoms with Crippen molar-refractivity contribution in [1.29, 1.82) is 0 Å². The van der Waals surface area contributed by atoms with Crippen LogP contribution in [0.3, 0.4) is 0 Å². The fourth-order valence-electron chi connectivity index (χ4n) is 2.90. The second-order valence-electron chi connectivity index (χ2n) is 6.05. The predicted octanol–water partition coefficient (Wildman–Crippen LogP) is 3.45. The molecule has 0 bridgehead atoms. The standard InChI is InChI=1S/C17H19ClF3N3O/c18-15-3-4-22-16-11-13(1-2-14(15)16)25-10-9-23-5-7-24(8-6-23)12-17(19,20)21/h1-4,11H,5-10,12H2. The average molecular weight is 374 g/mol. The van der Waals surface area contributed by atoms with Crippen molar-refractivity contribution in [3.63, 3.8) is 0 Å². The molecule has 0 radical (unpaired) electrons. The Kier molecular flexibility index (Phi) is 5.66. The van der Waals surface area contributed by atoms with Gasteiger partial charge in [0.2, 0.25) is 0 Å². The van der Waals surface area contributed by atoms with Gasteiger partial charge in [0.25, 0.3) is 0 Å². The van der Waals surface area contributed by atoms with E-state index in [0.717, 1.165) is 10.9 Å². The number of alkyl halides is 3. The van der Waals surface area contributed by atoms with Crippen molar-refractivity contribution in [2.24, 2.45) is 0 Å². The summed E-state index contributed by atoms with van der Waals surface area (Å²) >= 11 is 6.11. The van der Waals surface area contributed by atoms with Gasteiger partial charge in [0, 0.05) is 50.4 Å². The number of ether oxygens (including phenoxy) is 1. The molecule has 1 saturated heterocycles. The van der Waals surface area contributed by atoms with Gasteiger partial charge in [-0.05, 0) is 18.2 Å². The third-order valence-corrected chi connectivity index (χ3v) is 4.53. The summed E-state index contributed by atoms with van der Waals surface area (Å²) in [6.07, 6.45) is -2.48. The Morgan fingerprint density at radius 3 is 2.52 bits per heavy atom. The molecule has 0 saturated carbocycles. The zero-order valence-electron chi connectivity index (χ0n) is 13.6. The van der Waals surface area contributed by atoms with Crippen LogP contribution >= 0.6 is 11.6 Å². The van der Waals surface area contributed by atoms with E-state index in [2.05, 4.69) is 9.88 Å². The number of aromatic nitrogens is 1. The number of rotatable bonds is 5. The lowest BCUT2D eigenvalue weighted by Crippen LogP contribution is -2.49. The lowest BCUT2D eigenvalue weighted by atomic mass is 10.2. The van der Waals surface area contributed by atoms with Crippen molar-refractivity contribution in [3.05, 3.63) is 35.5 Å². The van der Waals surface area contributed by atoms with Gasteiger partial charge in [-0.3, -0.25) is 14.8 Å². The third-order valence-electron chi connectivity index (χ3n) is 4.21. The van der Waals surface area contributed by atoms with Crippen LogP contribution in [0.1, 0.15) is 0 Å². The highest BCUT2D eigenvalue weighted by molar-refractivity contribution is 6.35. The molecular formula is C17H19ClF3N3O. The van der Waals surface area contributed by atoms with Gasteiger partial charge in [-0.25, -0.2) is 0 Å². The summed E-state index contributed by atoms with van der Waals surface area (Å²) in [5, 5.41) is 1.52. The molecule has 4 nitrogen and oxygen atoms in total. The fourth-order valence-corrected chi connectivity index (χ4v) is 3.12. The maximum atomic E-state index is 12.4. The molecule has 2 heterocycles. The van der Waals surface area contributed by atoms with E-state index in [1.807, 2.05) is 18.2 Å². The van der Waals surface area contributed by atoms with Crippen LogP contribution in [0.2, 0.25) is 5.02 Å². The molecule has 136 valence electrons. The second-order valence-corrected chi connectivity index (χ2v) is 6.46. The highest BCUT2D eigenvalue weighted by Crippen LogP contribution is 2.25. The molecule has 1 aliphatic heterocycles. The summed E-state index contributed by atoms with van der Waals surface area (Å²) in [5.74, 6) is 0.706. The summed E-state index contributed by atoms with van der Waals surface area (Å²) in [4.78, 5) is 7.82. The molecule has 3 rings (SSSR count). The SMILES string of the molecule is FC(F)(F)CN1CCN(CCOc2ccc3c(Cl)ccnc3c2)CC1. The first-order chi connectivity index (χ1) is 11.9. The molecule has 2 aromatic rings. The van der Waals surface area contributed by atoms with Crippen LogP contribution in [-0.2, 0) is 0 Å². The number of halogens is 4. The van der Waals surface area contributed by atoms with Crippen LogP contribution in [0.4, 0.5) is 13.2 Å². The Hall–Kier alpha value is -1.57. The van der Waals surface area contributed by atoms with Crippen molar-refractivity contribution >= 4 is 22.5 Å². The number of fused-ring (bicyclic) bond motifs is 1. The van der Waals surface area contributed by atoms with Crippen molar-refractivity contribution in [3.8, 4) is 5.75 Å². The molecule has 1 aromatic heterocycles. The van der Waals surface area contributed by atoms with Crippen LogP contribution in [0, 0.1) is 0 Å². The van der Waals surface area contributed by atoms with Crippen LogP contribution in [0.25, 0.3) is 10.9 Å². The first-order valence-electron chi connectivity index (χ1n) is 8.09. The van der Waals surface area contributed by atoms with E-state index < -0.39 is 12.7 Å². The maximum absolute atomic E-state index is 12.4. The summed E-state index contributed by atoms with van der Waals surface area (Å²) in [6, 6.07) is 7.29. The monoisotopic (exact) mass is 373 g/mol. The number of hydrogen-bond donors (Lipinski definition) is 0. The van der Waals surface area contributed by atoms with Crippen molar-refractivity contribution in [1.82, 2.24) is 14.8 Å². The van der Waals surface area contributed by atoms with Crippen molar-refractivity contribution in [2.45, 2.75) is 6.18 Å². The van der Waals surface area contributed by atoms with Crippen LogP contribution in [-0.4, -0.2) is 66.8 Å². The number of nitrogens with zero attached hydrogens (tertiary/aromatic N) is 3. The minimum absolute atomic E-state index is 0.428. The topological polar surface area (TPSA) is 28.6 Å². The largest absolute Gasteiger partial charge is 0.492 e. The Balaban J connectivity index is 1.45. The van der Waals surface area contributed by atoms with Crippen molar-refractivity contribution in [2.75, 3.05) is 45.9 Å². The first-order valence-corrected chi connectivity index (χ1v) is 8.47. The summed E-state index contributed by atoms with van der Waals surface area (Å²) in [5.41, 5.74) is 0.769. The van der Waals surface area contributed by atoms with Crippen LogP contribution in [0.5, 0.6) is 5.75 Å². The minimum atomic E-state index is -4.13. The Morgan fingerprint density at radius 2 is 1.80 bits per heavy atom. The number of benzene rings is 1. The lowest BCUT2D eigenvalue weighted by molar-refractivity contribution is -0.149. The molecule has 0 aliphatic carbocycles. The van der Waals surface area contributed by atoms with E-state index in [9.17, 15) is 13.2 Å². The molecule has 1 aliphatic rings. The quantitative estimate of drug-likeness (QED) is 0.802. The van der Waals surface area contributed by atoms with Gasteiger partial charge in [-0.15, -0.1) is 0 Å². The Bertz CT molecular complexity index is 718. The number of piperazine rings is 1. The molecule has 25 heavy (non-hydrogen) atoms. The highest BCUT2D eigenvalue weighted by atomic mass is 35.5. The second kappa shape index (κ2) is 7.76. The third kappa shape index (κ3) is 5.20. The molecule has 1 aromatic carbocycles. The molecule has 8 heteroatoms. The zero-order valence-corrected chi connectivity index (χ0v) is 14.4. The highest BCUT2D eigenvalue weighted by Gasteiger charge is 2.31. The molecule has 0 amide bonds. The van der Waals surface area contributed by atoms with E-state index in [-0.39, 0.29) is 0 Å². The molecule has 0 spiro atoms. The van der Waals surface area contributed by atoms with E-state index >= 15 is 0 Å². The summed E-state index contributed by atoms with van der Waals surface area (Å²) in [7, 11) is 0. The summed E-state index contributed by atoms with van der Waals surface area (Å²) < 4.78 is 42.9. The van der Waals surface area contributed by atoms with Crippen molar-refractivity contribution < 1.29 is 17.9 Å². The lowest BCUT2D eigenvalue weighted by Gasteiger charge is -2.34. The molecule has 0 unspecified atom stereocenters. The average Bonchev–Trinajstić information content (AvgIpc) is 2.55. The van der Waals surface area contributed by atoms with E-state index in [1.54, 1.807) is 12.3 Å². The molecule has 0 N–H and O–H groups in total. The summed E-state index contributed by atoms with van der Waals surface area (Å²) in [6.45, 7) is 2.43. The van der Waals surface area contributed by atoms with Gasteiger partial charge >= 0.3 is 6.18 Å². The normalized spacial score (nSPS) is 17.1. The minimum Gasteiger partial charge on any atom is -0.492 e.